The normalized spacial score (nSPS) is 36.2. The van der Waals surface area contributed by atoms with Crippen molar-refractivity contribution < 1.29 is 9.84 Å². The van der Waals surface area contributed by atoms with Crippen LogP contribution in [0.4, 0.5) is 0 Å². The molecule has 0 spiro atoms. The van der Waals surface area contributed by atoms with Crippen molar-refractivity contribution in [1.82, 2.24) is 4.90 Å². The van der Waals surface area contributed by atoms with Gasteiger partial charge in [-0.3, -0.25) is 4.90 Å². The predicted molar refractivity (Wildman–Crippen MR) is 104 cm³/mol. The molecule has 3 aliphatic rings. The average molecular weight is 352 g/mol. The zero-order valence-electron chi connectivity index (χ0n) is 17.1. The van der Waals surface area contributed by atoms with Crippen molar-refractivity contribution in [3.63, 3.8) is 0 Å². The first-order valence-electron chi connectivity index (χ1n) is 10.9. The van der Waals surface area contributed by atoms with Crippen LogP contribution in [0.1, 0.15) is 85.5 Å². The maximum atomic E-state index is 10.5. The minimum absolute atomic E-state index is 0.249. The van der Waals surface area contributed by atoms with E-state index in [0.29, 0.717) is 29.6 Å². The summed E-state index contributed by atoms with van der Waals surface area (Å²) in [5.74, 6) is 0.828. The molecule has 0 aromatic carbocycles. The van der Waals surface area contributed by atoms with Crippen molar-refractivity contribution in [2.24, 2.45) is 16.7 Å². The molecular weight excluding hydrogens is 310 g/mol. The fourth-order valence-electron chi connectivity index (χ4n) is 6.07. The molecule has 3 fully saturated rings. The van der Waals surface area contributed by atoms with Gasteiger partial charge in [0.15, 0.2) is 0 Å². The van der Waals surface area contributed by atoms with Crippen molar-refractivity contribution >= 4 is 0 Å². The zero-order chi connectivity index (χ0) is 18.1. The van der Waals surface area contributed by atoms with E-state index in [1.54, 1.807) is 0 Å². The highest BCUT2D eigenvalue weighted by Gasteiger charge is 2.61. The standard InChI is InChI=1S/C22H41NO2/c1-5-23(18-9-7-6-8-10-18)16-19(24)12-14-25-20-15-17-11-13-22(20,4)21(17,2)3/h17-20,24H,5-16H2,1-4H3/t17-,19+,20+,22-/m0/s1. The van der Waals surface area contributed by atoms with Crippen LogP contribution in [0.15, 0.2) is 0 Å². The molecule has 3 aliphatic carbocycles. The average Bonchev–Trinajstić information content (AvgIpc) is 2.94. The van der Waals surface area contributed by atoms with E-state index in [9.17, 15) is 5.11 Å². The molecule has 0 heterocycles. The molecule has 3 saturated carbocycles. The molecule has 3 heteroatoms. The lowest BCUT2D eigenvalue weighted by molar-refractivity contribution is -0.0572. The number of likely N-dealkylation sites (N-methyl/N-ethyl adjacent to an activating group) is 1. The summed E-state index contributed by atoms with van der Waals surface area (Å²) < 4.78 is 6.33. The van der Waals surface area contributed by atoms with Gasteiger partial charge in [-0.05, 0) is 61.8 Å². The molecule has 0 aromatic heterocycles. The first kappa shape index (κ1) is 19.6. The molecule has 3 rings (SSSR count). The van der Waals surface area contributed by atoms with Crippen molar-refractivity contribution in [3.05, 3.63) is 0 Å². The molecule has 3 nitrogen and oxygen atoms in total. The number of ether oxygens (including phenoxy) is 1. The fourth-order valence-corrected chi connectivity index (χ4v) is 6.07. The van der Waals surface area contributed by atoms with E-state index in [2.05, 4.69) is 32.6 Å². The van der Waals surface area contributed by atoms with Crippen LogP contribution in [0, 0.1) is 16.7 Å². The van der Waals surface area contributed by atoms with E-state index >= 15 is 0 Å². The molecule has 0 saturated heterocycles. The Balaban J connectivity index is 1.41. The molecule has 0 aliphatic heterocycles. The summed E-state index contributed by atoms with van der Waals surface area (Å²) in [7, 11) is 0. The van der Waals surface area contributed by atoms with E-state index in [1.165, 1.54) is 51.4 Å². The number of nitrogens with zero attached hydrogens (tertiary/aromatic N) is 1. The third-order valence-corrected chi connectivity index (χ3v) is 8.43. The second-order valence-electron chi connectivity index (χ2n) is 9.79. The molecule has 4 atom stereocenters. The molecule has 25 heavy (non-hydrogen) atoms. The van der Waals surface area contributed by atoms with Gasteiger partial charge < -0.3 is 9.84 Å². The minimum Gasteiger partial charge on any atom is -0.392 e. The Morgan fingerprint density at radius 1 is 1.12 bits per heavy atom. The highest BCUT2D eigenvalue weighted by atomic mass is 16.5. The molecule has 0 radical (unpaired) electrons. The topological polar surface area (TPSA) is 32.7 Å². The van der Waals surface area contributed by atoms with Gasteiger partial charge in [0.1, 0.15) is 0 Å². The van der Waals surface area contributed by atoms with Crippen LogP contribution in [0.25, 0.3) is 0 Å². The van der Waals surface area contributed by atoms with Crippen molar-refractivity contribution in [2.75, 3.05) is 19.7 Å². The predicted octanol–water partition coefficient (Wildman–Crippen LogP) is 4.62. The number of hydrogen-bond acceptors (Lipinski definition) is 3. The van der Waals surface area contributed by atoms with E-state index < -0.39 is 0 Å². The number of fused-ring (bicyclic) bond motifs is 2. The van der Waals surface area contributed by atoms with E-state index in [-0.39, 0.29) is 6.10 Å². The Kier molecular flexibility index (Phi) is 6.17. The van der Waals surface area contributed by atoms with Crippen molar-refractivity contribution in [1.29, 1.82) is 0 Å². The lowest BCUT2D eigenvalue weighted by Crippen LogP contribution is -2.42. The summed E-state index contributed by atoms with van der Waals surface area (Å²) >= 11 is 0. The minimum atomic E-state index is -0.249. The Labute approximate surface area is 155 Å². The monoisotopic (exact) mass is 351 g/mol. The highest BCUT2D eigenvalue weighted by Crippen LogP contribution is 2.66. The van der Waals surface area contributed by atoms with Gasteiger partial charge in [-0.15, -0.1) is 0 Å². The zero-order valence-corrected chi connectivity index (χ0v) is 17.1. The van der Waals surface area contributed by atoms with E-state index in [4.69, 9.17) is 4.74 Å². The maximum absolute atomic E-state index is 10.5. The van der Waals surface area contributed by atoms with Crippen molar-refractivity contribution in [3.8, 4) is 0 Å². The van der Waals surface area contributed by atoms with Gasteiger partial charge in [0.2, 0.25) is 0 Å². The molecule has 2 bridgehead atoms. The second kappa shape index (κ2) is 7.86. The summed E-state index contributed by atoms with van der Waals surface area (Å²) in [5, 5.41) is 10.5. The van der Waals surface area contributed by atoms with Gasteiger partial charge in [0.05, 0.1) is 12.2 Å². The quantitative estimate of drug-likeness (QED) is 0.692. The first-order chi connectivity index (χ1) is 11.9. The van der Waals surface area contributed by atoms with Crippen LogP contribution in [0.2, 0.25) is 0 Å². The lowest BCUT2D eigenvalue weighted by Gasteiger charge is -2.39. The van der Waals surface area contributed by atoms with Crippen LogP contribution >= 0.6 is 0 Å². The van der Waals surface area contributed by atoms with Crippen LogP contribution in [0.5, 0.6) is 0 Å². The Hall–Kier alpha value is -0.120. The third kappa shape index (κ3) is 3.80. The Morgan fingerprint density at radius 2 is 1.84 bits per heavy atom. The van der Waals surface area contributed by atoms with Gasteiger partial charge in [-0.2, -0.15) is 0 Å². The van der Waals surface area contributed by atoms with Crippen molar-refractivity contribution in [2.45, 2.75) is 104 Å². The first-order valence-corrected chi connectivity index (χ1v) is 10.9. The Morgan fingerprint density at radius 3 is 2.40 bits per heavy atom. The van der Waals surface area contributed by atoms with E-state index in [0.717, 1.165) is 25.4 Å². The van der Waals surface area contributed by atoms with Gasteiger partial charge >= 0.3 is 0 Å². The molecule has 0 unspecified atom stereocenters. The molecular formula is C22H41NO2. The molecule has 0 amide bonds. The third-order valence-electron chi connectivity index (χ3n) is 8.43. The molecule has 0 aromatic rings. The number of rotatable bonds is 8. The molecule has 1 N–H and O–H groups in total. The summed E-state index contributed by atoms with van der Waals surface area (Å²) in [6.45, 7) is 12.1. The largest absolute Gasteiger partial charge is 0.392 e. The lowest BCUT2D eigenvalue weighted by atomic mass is 9.70. The summed E-state index contributed by atoms with van der Waals surface area (Å²) in [6.07, 6.45) is 11.6. The van der Waals surface area contributed by atoms with Crippen LogP contribution in [-0.2, 0) is 4.74 Å². The highest BCUT2D eigenvalue weighted by molar-refractivity contribution is 5.11. The summed E-state index contributed by atoms with van der Waals surface area (Å²) in [4.78, 5) is 2.51. The summed E-state index contributed by atoms with van der Waals surface area (Å²) in [6, 6.07) is 0.694. The maximum Gasteiger partial charge on any atom is 0.0689 e. The van der Waals surface area contributed by atoms with Gasteiger partial charge in [-0.1, -0.05) is 47.0 Å². The SMILES string of the molecule is CCN(C[C@H](O)CCO[C@@H]1C[C@@H]2CC[C@]1(C)C2(C)C)C1CCCCC1. The number of hydrogen-bond donors (Lipinski definition) is 1. The number of aliphatic hydroxyl groups is 1. The second-order valence-corrected chi connectivity index (χ2v) is 9.79. The van der Waals surface area contributed by atoms with Crippen LogP contribution in [0.3, 0.4) is 0 Å². The summed E-state index contributed by atoms with van der Waals surface area (Å²) in [5.41, 5.74) is 0.746. The van der Waals surface area contributed by atoms with Crippen LogP contribution in [-0.4, -0.2) is 48.0 Å². The van der Waals surface area contributed by atoms with Gasteiger partial charge in [0.25, 0.3) is 0 Å². The number of aliphatic hydroxyl groups excluding tert-OH is 1. The van der Waals surface area contributed by atoms with Gasteiger partial charge in [0, 0.05) is 19.2 Å². The smallest absolute Gasteiger partial charge is 0.0689 e. The van der Waals surface area contributed by atoms with E-state index in [1.807, 2.05) is 0 Å². The fraction of sp³-hybridized carbons (Fsp3) is 1.00. The van der Waals surface area contributed by atoms with Crippen LogP contribution < -0.4 is 0 Å². The molecule has 146 valence electrons. The Bertz CT molecular complexity index is 432. The van der Waals surface area contributed by atoms with Gasteiger partial charge in [-0.25, -0.2) is 0 Å².